The van der Waals surface area contributed by atoms with E-state index in [2.05, 4.69) is 5.16 Å². The zero-order valence-electron chi connectivity index (χ0n) is 6.84. The molecule has 0 aromatic rings. The number of ether oxygens (including phenoxy) is 1. The molecule has 0 saturated carbocycles. The Morgan fingerprint density at radius 2 is 2.18 bits per heavy atom. The number of hydrogen-bond acceptors (Lipinski definition) is 3. The summed E-state index contributed by atoms with van der Waals surface area (Å²) < 4.78 is 5.19. The minimum Gasteiger partial charge on any atom is -0.411 e. The number of hydrogen-bond donors (Lipinski definition) is 2. The van der Waals surface area contributed by atoms with E-state index in [9.17, 15) is 0 Å². The van der Waals surface area contributed by atoms with Crippen molar-refractivity contribution in [2.45, 2.75) is 6.92 Å². The van der Waals surface area contributed by atoms with Crippen molar-refractivity contribution in [3.8, 4) is 0 Å². The van der Waals surface area contributed by atoms with Gasteiger partial charge in [-0.1, -0.05) is 5.16 Å². The van der Waals surface area contributed by atoms with Crippen LogP contribution in [0, 0.1) is 0 Å². The highest BCUT2D eigenvalue weighted by Gasteiger charge is 2.14. The third kappa shape index (κ3) is 2.86. The fourth-order valence-electron chi connectivity index (χ4n) is 1.23. The van der Waals surface area contributed by atoms with Gasteiger partial charge in [0.1, 0.15) is 25.3 Å². The minimum absolute atomic E-state index is 0.793. The Kier molecular flexibility index (Phi) is 3.32. The van der Waals surface area contributed by atoms with Gasteiger partial charge in [-0.25, -0.2) is 0 Å². The maximum Gasteiger partial charge on any atom is 0.119 e. The van der Waals surface area contributed by atoms with Gasteiger partial charge < -0.3 is 14.8 Å². The van der Waals surface area contributed by atoms with Crippen LogP contribution in [0.5, 0.6) is 0 Å². The molecule has 0 aromatic heterocycles. The minimum atomic E-state index is 0.793. The fourth-order valence-corrected chi connectivity index (χ4v) is 1.23. The third-order valence-corrected chi connectivity index (χ3v) is 1.88. The van der Waals surface area contributed by atoms with E-state index in [1.54, 1.807) is 0 Å². The lowest BCUT2D eigenvalue weighted by Gasteiger charge is -2.22. The molecule has 0 amide bonds. The van der Waals surface area contributed by atoms with Crippen molar-refractivity contribution in [2.75, 3.05) is 32.8 Å². The van der Waals surface area contributed by atoms with Crippen LogP contribution in [0.1, 0.15) is 6.92 Å². The Balaban J connectivity index is 2.24. The van der Waals surface area contributed by atoms with E-state index in [4.69, 9.17) is 9.94 Å². The predicted molar refractivity (Wildman–Crippen MR) is 41.3 cm³/mol. The van der Waals surface area contributed by atoms with Gasteiger partial charge in [0, 0.05) is 0 Å². The molecule has 2 N–H and O–H groups in total. The summed E-state index contributed by atoms with van der Waals surface area (Å²) in [6.07, 6.45) is 0. The maximum atomic E-state index is 8.41. The zero-order chi connectivity index (χ0) is 8.10. The summed E-state index contributed by atoms with van der Waals surface area (Å²) >= 11 is 0. The molecular formula is C7H15N2O2+. The van der Waals surface area contributed by atoms with Crippen LogP contribution in [0.15, 0.2) is 5.16 Å². The van der Waals surface area contributed by atoms with Crippen LogP contribution >= 0.6 is 0 Å². The summed E-state index contributed by atoms with van der Waals surface area (Å²) in [4.78, 5) is 1.44. The largest absolute Gasteiger partial charge is 0.411 e. The van der Waals surface area contributed by atoms with Crippen molar-refractivity contribution in [3.63, 3.8) is 0 Å². The van der Waals surface area contributed by atoms with Crippen molar-refractivity contribution in [2.24, 2.45) is 5.16 Å². The van der Waals surface area contributed by atoms with Crippen molar-refractivity contribution in [3.05, 3.63) is 0 Å². The average Bonchev–Trinajstić information content (AvgIpc) is 2.06. The second-order valence-corrected chi connectivity index (χ2v) is 2.87. The number of nitrogens with zero attached hydrogens (tertiary/aromatic N) is 1. The Morgan fingerprint density at radius 3 is 2.73 bits per heavy atom. The number of morpholine rings is 1. The molecule has 0 atom stereocenters. The van der Waals surface area contributed by atoms with E-state index in [-0.39, 0.29) is 0 Å². The second kappa shape index (κ2) is 4.31. The van der Waals surface area contributed by atoms with Gasteiger partial charge in [-0.2, -0.15) is 0 Å². The zero-order valence-corrected chi connectivity index (χ0v) is 6.84. The Labute approximate surface area is 66.4 Å². The fraction of sp³-hybridized carbons (Fsp3) is 0.857. The Bertz CT molecular complexity index is 141. The Morgan fingerprint density at radius 1 is 1.55 bits per heavy atom. The predicted octanol–water partition coefficient (Wildman–Crippen LogP) is -1.25. The highest BCUT2D eigenvalue weighted by atomic mass is 16.5. The van der Waals surface area contributed by atoms with Gasteiger partial charge in [-0.05, 0) is 6.92 Å². The van der Waals surface area contributed by atoms with Crippen LogP contribution in [-0.2, 0) is 4.74 Å². The van der Waals surface area contributed by atoms with E-state index in [1.807, 2.05) is 6.92 Å². The number of oxime groups is 1. The van der Waals surface area contributed by atoms with Gasteiger partial charge in [-0.15, -0.1) is 0 Å². The SMILES string of the molecule is CC(C[NH+]1CCOCC1)=NO. The van der Waals surface area contributed by atoms with Crippen LogP contribution in [0.2, 0.25) is 0 Å². The first-order valence-corrected chi connectivity index (χ1v) is 3.92. The topological polar surface area (TPSA) is 46.3 Å². The van der Waals surface area contributed by atoms with Gasteiger partial charge >= 0.3 is 0 Å². The molecule has 11 heavy (non-hydrogen) atoms. The summed E-state index contributed by atoms with van der Waals surface area (Å²) in [7, 11) is 0. The summed E-state index contributed by atoms with van der Waals surface area (Å²) in [6, 6.07) is 0. The van der Waals surface area contributed by atoms with E-state index in [0.717, 1.165) is 38.6 Å². The quantitative estimate of drug-likeness (QED) is 0.300. The van der Waals surface area contributed by atoms with E-state index < -0.39 is 0 Å². The molecule has 0 unspecified atom stereocenters. The summed E-state index contributed by atoms with van der Waals surface area (Å²) in [5.41, 5.74) is 0.793. The lowest BCUT2D eigenvalue weighted by molar-refractivity contribution is -0.899. The number of rotatable bonds is 2. The molecule has 1 aliphatic heterocycles. The Hall–Kier alpha value is -0.610. The normalized spacial score (nSPS) is 22.1. The van der Waals surface area contributed by atoms with Crippen LogP contribution < -0.4 is 4.90 Å². The molecular weight excluding hydrogens is 144 g/mol. The van der Waals surface area contributed by atoms with Crippen LogP contribution in [0.25, 0.3) is 0 Å². The molecule has 4 heteroatoms. The van der Waals surface area contributed by atoms with Crippen molar-refractivity contribution in [1.29, 1.82) is 0 Å². The lowest BCUT2D eigenvalue weighted by atomic mass is 10.3. The number of quaternary nitrogens is 1. The first kappa shape index (κ1) is 8.49. The van der Waals surface area contributed by atoms with Gasteiger partial charge in [0.15, 0.2) is 0 Å². The molecule has 1 saturated heterocycles. The summed E-state index contributed by atoms with van der Waals surface area (Å²) in [6.45, 7) is 6.37. The highest BCUT2D eigenvalue weighted by Crippen LogP contribution is 1.76. The standard InChI is InChI=1S/C7H14N2O2/c1-7(8-10)6-9-2-4-11-5-3-9/h10H,2-6H2,1H3/p+1. The molecule has 4 nitrogen and oxygen atoms in total. The van der Waals surface area contributed by atoms with Gasteiger partial charge in [0.2, 0.25) is 0 Å². The molecule has 0 aromatic carbocycles. The van der Waals surface area contributed by atoms with Gasteiger partial charge in [-0.3, -0.25) is 0 Å². The number of nitrogens with one attached hydrogen (secondary N) is 1. The summed E-state index contributed by atoms with van der Waals surface area (Å²) in [5, 5.41) is 11.5. The lowest BCUT2D eigenvalue weighted by Crippen LogP contribution is -3.14. The molecule has 0 aliphatic carbocycles. The van der Waals surface area contributed by atoms with Gasteiger partial charge in [0.25, 0.3) is 0 Å². The molecule has 64 valence electrons. The average molecular weight is 159 g/mol. The highest BCUT2D eigenvalue weighted by molar-refractivity contribution is 5.82. The first-order chi connectivity index (χ1) is 5.33. The molecule has 0 radical (unpaired) electrons. The van der Waals surface area contributed by atoms with Crippen LogP contribution in [0.3, 0.4) is 0 Å². The molecule has 0 spiro atoms. The van der Waals surface area contributed by atoms with Crippen molar-refractivity contribution >= 4 is 5.71 Å². The van der Waals surface area contributed by atoms with E-state index in [1.165, 1.54) is 4.90 Å². The van der Waals surface area contributed by atoms with Crippen molar-refractivity contribution in [1.82, 2.24) is 0 Å². The smallest absolute Gasteiger partial charge is 0.119 e. The second-order valence-electron chi connectivity index (χ2n) is 2.87. The van der Waals surface area contributed by atoms with E-state index >= 15 is 0 Å². The van der Waals surface area contributed by atoms with Crippen molar-refractivity contribution < 1.29 is 14.8 Å². The van der Waals surface area contributed by atoms with Crippen LogP contribution in [-0.4, -0.2) is 43.8 Å². The molecule has 1 fully saturated rings. The monoisotopic (exact) mass is 159 g/mol. The molecule has 0 bridgehead atoms. The summed E-state index contributed by atoms with van der Waals surface area (Å²) in [5.74, 6) is 0. The third-order valence-electron chi connectivity index (χ3n) is 1.88. The molecule has 1 aliphatic rings. The van der Waals surface area contributed by atoms with Gasteiger partial charge in [0.05, 0.1) is 13.2 Å². The maximum absolute atomic E-state index is 8.41. The first-order valence-electron chi connectivity index (χ1n) is 3.92. The van der Waals surface area contributed by atoms with E-state index in [0.29, 0.717) is 0 Å². The molecule has 1 heterocycles. The van der Waals surface area contributed by atoms with Crippen LogP contribution in [0.4, 0.5) is 0 Å². The molecule has 1 rings (SSSR count).